The zero-order valence-electron chi connectivity index (χ0n) is 27.3. The van der Waals surface area contributed by atoms with Gasteiger partial charge in [0, 0.05) is 21.5 Å². The Labute approximate surface area is 288 Å². The molecular weight excluding hydrogens is 624 g/mol. The molecule has 0 amide bonds. The molecule has 50 heavy (non-hydrogen) atoms. The predicted octanol–water partition coefficient (Wildman–Crippen LogP) is 11.7. The molecule has 8 aromatic carbocycles. The third-order valence-electron chi connectivity index (χ3n) is 8.77. The summed E-state index contributed by atoms with van der Waals surface area (Å²) in [5.74, 6) is 1.61. The highest BCUT2D eigenvalue weighted by atomic mass is 16.7. The second-order valence-corrected chi connectivity index (χ2v) is 12.1. The summed E-state index contributed by atoms with van der Waals surface area (Å²) in [4.78, 5) is 26.5. The van der Waals surface area contributed by atoms with Gasteiger partial charge in [-0.1, -0.05) is 120 Å². The molecule has 242 valence electrons. The Morgan fingerprint density at radius 1 is 0.360 bits per heavy atom. The summed E-state index contributed by atoms with van der Waals surface area (Å²) in [6.45, 7) is 4.02. The molecule has 0 aliphatic carbocycles. The van der Waals surface area contributed by atoms with Gasteiger partial charge in [0.15, 0.2) is 0 Å². The van der Waals surface area contributed by atoms with Crippen LogP contribution in [0.1, 0.15) is 11.1 Å². The number of carbonyl (C=O) groups is 2. The SMILES string of the molecule is Cc1ccc2c(-c3c4ccccc4c(OC(=O)Oc4ccccc4)c4cc(C)ccc34)c3ccccc3c(OC(=O)Oc3ccccc3)c2c1. The molecule has 0 heterocycles. The zero-order valence-corrected chi connectivity index (χ0v) is 27.3. The van der Waals surface area contributed by atoms with Crippen LogP contribution in [0.25, 0.3) is 54.2 Å². The monoisotopic (exact) mass is 654 g/mol. The summed E-state index contributed by atoms with van der Waals surface area (Å²) in [6, 6.07) is 45.8. The zero-order chi connectivity index (χ0) is 34.2. The van der Waals surface area contributed by atoms with Crippen LogP contribution in [-0.4, -0.2) is 12.3 Å². The maximum Gasteiger partial charge on any atom is 0.519 e. The van der Waals surface area contributed by atoms with E-state index in [1.807, 2.05) is 86.6 Å². The molecular formula is C44H30O6. The van der Waals surface area contributed by atoms with E-state index in [9.17, 15) is 9.59 Å². The van der Waals surface area contributed by atoms with Crippen molar-refractivity contribution < 1.29 is 28.5 Å². The van der Waals surface area contributed by atoms with Crippen LogP contribution in [0.5, 0.6) is 23.0 Å². The van der Waals surface area contributed by atoms with Crippen molar-refractivity contribution in [1.82, 2.24) is 0 Å². The second-order valence-electron chi connectivity index (χ2n) is 12.1. The van der Waals surface area contributed by atoms with Crippen LogP contribution < -0.4 is 18.9 Å². The Morgan fingerprint density at radius 3 is 1.10 bits per heavy atom. The molecule has 0 saturated carbocycles. The Balaban J connectivity index is 1.38. The van der Waals surface area contributed by atoms with E-state index >= 15 is 0 Å². The van der Waals surface area contributed by atoms with E-state index < -0.39 is 12.3 Å². The van der Waals surface area contributed by atoms with Crippen molar-refractivity contribution in [3.8, 4) is 34.1 Å². The number of rotatable bonds is 5. The molecule has 0 unspecified atom stereocenters. The maximum atomic E-state index is 13.2. The quantitative estimate of drug-likeness (QED) is 0.104. The van der Waals surface area contributed by atoms with Gasteiger partial charge < -0.3 is 18.9 Å². The Morgan fingerprint density at radius 2 is 0.700 bits per heavy atom. The fourth-order valence-electron chi connectivity index (χ4n) is 6.64. The van der Waals surface area contributed by atoms with Crippen LogP contribution in [-0.2, 0) is 0 Å². The van der Waals surface area contributed by atoms with Crippen molar-refractivity contribution in [3.63, 3.8) is 0 Å². The van der Waals surface area contributed by atoms with E-state index in [1.165, 1.54) is 0 Å². The molecule has 6 heteroatoms. The molecule has 8 rings (SSSR count). The van der Waals surface area contributed by atoms with E-state index in [4.69, 9.17) is 18.9 Å². The largest absolute Gasteiger partial charge is 0.519 e. The number of aryl methyl sites for hydroxylation is 2. The van der Waals surface area contributed by atoms with Crippen LogP contribution >= 0.6 is 0 Å². The molecule has 0 atom stereocenters. The highest BCUT2D eigenvalue weighted by molar-refractivity contribution is 6.27. The number of hydrogen-bond acceptors (Lipinski definition) is 6. The minimum Gasteiger partial charge on any atom is -0.395 e. The third-order valence-corrected chi connectivity index (χ3v) is 8.77. The summed E-state index contributed by atoms with van der Waals surface area (Å²) in [5, 5.41) is 6.58. The number of carbonyl (C=O) groups excluding carboxylic acids is 2. The lowest BCUT2D eigenvalue weighted by atomic mass is 9.85. The highest BCUT2D eigenvalue weighted by Crippen LogP contribution is 2.50. The minimum absolute atomic E-state index is 0.391. The van der Waals surface area contributed by atoms with Gasteiger partial charge in [0.1, 0.15) is 23.0 Å². The van der Waals surface area contributed by atoms with Gasteiger partial charge in [-0.15, -0.1) is 0 Å². The lowest BCUT2D eigenvalue weighted by molar-refractivity contribution is 0.152. The summed E-state index contributed by atoms with van der Waals surface area (Å²) in [6.07, 6.45) is -1.65. The van der Waals surface area contributed by atoms with Gasteiger partial charge in [0.25, 0.3) is 0 Å². The molecule has 0 bridgehead atoms. The topological polar surface area (TPSA) is 71.1 Å². The Hall–Kier alpha value is -6.66. The van der Waals surface area contributed by atoms with Gasteiger partial charge in [-0.25, -0.2) is 9.59 Å². The first-order valence-corrected chi connectivity index (χ1v) is 16.2. The van der Waals surface area contributed by atoms with E-state index in [1.54, 1.807) is 48.5 Å². The molecule has 0 N–H and O–H groups in total. The fourth-order valence-corrected chi connectivity index (χ4v) is 6.64. The van der Waals surface area contributed by atoms with Crippen LogP contribution in [0.3, 0.4) is 0 Å². The van der Waals surface area contributed by atoms with Crippen molar-refractivity contribution in [1.29, 1.82) is 0 Å². The Kier molecular flexibility index (Phi) is 7.82. The van der Waals surface area contributed by atoms with Gasteiger partial charge in [-0.2, -0.15) is 0 Å². The van der Waals surface area contributed by atoms with Gasteiger partial charge in [-0.05, 0) is 82.9 Å². The van der Waals surface area contributed by atoms with Crippen LogP contribution in [0.15, 0.2) is 146 Å². The van der Waals surface area contributed by atoms with Crippen molar-refractivity contribution in [2.75, 3.05) is 0 Å². The molecule has 0 aromatic heterocycles. The van der Waals surface area contributed by atoms with Crippen molar-refractivity contribution in [2.24, 2.45) is 0 Å². The minimum atomic E-state index is -0.827. The molecule has 0 aliphatic rings. The molecule has 0 radical (unpaired) electrons. The average molecular weight is 655 g/mol. The van der Waals surface area contributed by atoms with Gasteiger partial charge in [0.2, 0.25) is 0 Å². The number of benzene rings is 8. The van der Waals surface area contributed by atoms with E-state index in [0.717, 1.165) is 65.3 Å². The fraction of sp³-hybridized carbons (Fsp3) is 0.0455. The lowest BCUT2D eigenvalue weighted by Crippen LogP contribution is -2.14. The molecule has 0 fully saturated rings. The summed E-state index contributed by atoms with van der Waals surface area (Å²) in [5.41, 5.74) is 3.93. The lowest BCUT2D eigenvalue weighted by Gasteiger charge is -2.21. The first kappa shape index (κ1) is 30.7. The standard InChI is InChI=1S/C44H30O6/c1-27-21-23-33-37(25-27)41(49-43(45)47-29-13-5-3-6-14-29)35-19-11-9-17-31(35)39(33)40-32-18-10-12-20-36(32)42(38-26-28(2)22-24-34(38)40)50-44(46)48-30-15-7-4-8-16-30/h3-26H,1-2H3. The molecule has 8 aromatic rings. The van der Waals surface area contributed by atoms with Crippen LogP contribution in [0.2, 0.25) is 0 Å². The summed E-state index contributed by atoms with van der Waals surface area (Å²) < 4.78 is 23.2. The van der Waals surface area contributed by atoms with E-state index in [-0.39, 0.29) is 0 Å². The second kappa shape index (κ2) is 12.7. The third kappa shape index (κ3) is 5.63. The van der Waals surface area contributed by atoms with E-state index in [0.29, 0.717) is 23.0 Å². The normalized spacial score (nSPS) is 11.2. The van der Waals surface area contributed by atoms with Crippen molar-refractivity contribution in [3.05, 3.63) is 157 Å². The van der Waals surface area contributed by atoms with E-state index in [2.05, 4.69) is 24.3 Å². The molecule has 6 nitrogen and oxygen atoms in total. The van der Waals surface area contributed by atoms with Gasteiger partial charge >= 0.3 is 12.3 Å². The summed E-state index contributed by atoms with van der Waals surface area (Å²) >= 11 is 0. The molecule has 0 saturated heterocycles. The Bertz CT molecular complexity index is 2410. The molecule has 0 spiro atoms. The predicted molar refractivity (Wildman–Crippen MR) is 198 cm³/mol. The smallest absolute Gasteiger partial charge is 0.395 e. The number of ether oxygens (including phenoxy) is 4. The molecule has 0 aliphatic heterocycles. The van der Waals surface area contributed by atoms with Crippen LogP contribution in [0.4, 0.5) is 9.59 Å². The maximum absolute atomic E-state index is 13.2. The number of fused-ring (bicyclic) bond motifs is 4. The summed E-state index contributed by atoms with van der Waals surface area (Å²) in [7, 11) is 0. The highest BCUT2D eigenvalue weighted by Gasteiger charge is 2.25. The van der Waals surface area contributed by atoms with Crippen molar-refractivity contribution in [2.45, 2.75) is 13.8 Å². The number of hydrogen-bond donors (Lipinski definition) is 0. The van der Waals surface area contributed by atoms with Gasteiger partial charge in [-0.3, -0.25) is 0 Å². The first-order valence-electron chi connectivity index (χ1n) is 16.2. The van der Waals surface area contributed by atoms with Crippen LogP contribution in [0, 0.1) is 13.8 Å². The van der Waals surface area contributed by atoms with Gasteiger partial charge in [0.05, 0.1) is 0 Å². The van der Waals surface area contributed by atoms with Crippen molar-refractivity contribution >= 4 is 55.4 Å². The first-order chi connectivity index (χ1) is 24.4. The number of para-hydroxylation sites is 2. The average Bonchev–Trinajstić information content (AvgIpc) is 3.13.